The van der Waals surface area contributed by atoms with Crippen LogP contribution in [0.1, 0.15) is 27.5 Å². The van der Waals surface area contributed by atoms with Crippen LogP contribution in [-0.2, 0) is 4.79 Å². The summed E-state index contributed by atoms with van der Waals surface area (Å²) in [6.45, 7) is -0.275. The quantitative estimate of drug-likeness (QED) is 0.408. The molecule has 1 aliphatic rings. The summed E-state index contributed by atoms with van der Waals surface area (Å²) < 4.78 is 11.0. The van der Waals surface area contributed by atoms with Crippen LogP contribution in [0, 0.1) is 0 Å². The van der Waals surface area contributed by atoms with Gasteiger partial charge in [-0.1, -0.05) is 60.7 Å². The number of carbonyl (C=O) groups is 2. The standard InChI is InChI=1S/C29H25N3O4/c1-35-23-14-12-20(13-15-23)26-17-25(22-11-10-19-6-2-3-7-21(19)16-22)31-32(26)28(33)18-36-27-9-5-4-8-24(27)29(30)34/h2-17,26,31H,18H2,1H3,(H2,30,34)/t26-/m1/s1. The summed E-state index contributed by atoms with van der Waals surface area (Å²) in [5, 5.41) is 3.79. The third-order valence-electron chi connectivity index (χ3n) is 6.13. The van der Waals surface area contributed by atoms with Crippen LogP contribution in [0.2, 0.25) is 0 Å². The molecule has 4 aromatic carbocycles. The molecule has 36 heavy (non-hydrogen) atoms. The van der Waals surface area contributed by atoms with Gasteiger partial charge in [0.1, 0.15) is 11.5 Å². The molecule has 0 radical (unpaired) electrons. The van der Waals surface area contributed by atoms with Crippen LogP contribution in [0.3, 0.4) is 0 Å². The fourth-order valence-electron chi connectivity index (χ4n) is 4.26. The van der Waals surface area contributed by atoms with E-state index in [9.17, 15) is 9.59 Å². The molecule has 1 heterocycles. The van der Waals surface area contributed by atoms with Gasteiger partial charge in [-0.15, -0.1) is 0 Å². The Hall–Kier alpha value is -4.78. The maximum Gasteiger partial charge on any atom is 0.279 e. The maximum absolute atomic E-state index is 13.4. The molecule has 0 saturated heterocycles. The summed E-state index contributed by atoms with van der Waals surface area (Å²) in [7, 11) is 1.61. The SMILES string of the molecule is COc1ccc([C@H]2C=C(c3ccc4ccccc4c3)NN2C(=O)COc2ccccc2C(N)=O)cc1. The molecule has 5 rings (SSSR count). The molecule has 0 aliphatic carbocycles. The Balaban J connectivity index is 1.43. The predicted molar refractivity (Wildman–Crippen MR) is 138 cm³/mol. The molecule has 0 spiro atoms. The molecule has 7 heteroatoms. The Morgan fingerprint density at radius 1 is 0.917 bits per heavy atom. The van der Waals surface area contributed by atoms with Crippen LogP contribution >= 0.6 is 0 Å². The summed E-state index contributed by atoms with van der Waals surface area (Å²) in [6, 6.07) is 28.1. The van der Waals surface area contributed by atoms with E-state index in [4.69, 9.17) is 15.2 Å². The van der Waals surface area contributed by atoms with Gasteiger partial charge in [-0.3, -0.25) is 15.0 Å². The minimum absolute atomic E-state index is 0.223. The van der Waals surface area contributed by atoms with E-state index in [0.29, 0.717) is 0 Å². The van der Waals surface area contributed by atoms with Crippen molar-refractivity contribution in [1.82, 2.24) is 10.4 Å². The molecule has 1 aliphatic heterocycles. The fraction of sp³-hybridized carbons (Fsp3) is 0.103. The van der Waals surface area contributed by atoms with Crippen LogP contribution < -0.4 is 20.6 Å². The van der Waals surface area contributed by atoms with Crippen LogP contribution in [-0.4, -0.2) is 30.5 Å². The summed E-state index contributed by atoms with van der Waals surface area (Å²) >= 11 is 0. The van der Waals surface area contributed by atoms with Gasteiger partial charge in [-0.05, 0) is 58.3 Å². The van der Waals surface area contributed by atoms with Gasteiger partial charge in [0.15, 0.2) is 6.61 Å². The van der Waals surface area contributed by atoms with Crippen molar-refractivity contribution in [2.75, 3.05) is 13.7 Å². The monoisotopic (exact) mass is 479 g/mol. The number of hydrazine groups is 1. The molecule has 0 unspecified atom stereocenters. The number of hydrogen-bond acceptors (Lipinski definition) is 5. The molecule has 1 atom stereocenters. The third-order valence-corrected chi connectivity index (χ3v) is 6.13. The van der Waals surface area contributed by atoms with Crippen LogP contribution in [0.4, 0.5) is 0 Å². The van der Waals surface area contributed by atoms with E-state index in [1.165, 1.54) is 0 Å². The molecule has 2 amide bonds. The molecule has 4 aromatic rings. The van der Waals surface area contributed by atoms with Crippen molar-refractivity contribution in [1.29, 1.82) is 0 Å². The van der Waals surface area contributed by atoms with Crippen molar-refractivity contribution in [3.63, 3.8) is 0 Å². The lowest BCUT2D eigenvalue weighted by Gasteiger charge is -2.26. The number of carbonyl (C=O) groups excluding carboxylic acids is 2. The van der Waals surface area contributed by atoms with Gasteiger partial charge >= 0.3 is 0 Å². The van der Waals surface area contributed by atoms with Gasteiger partial charge in [0.25, 0.3) is 11.8 Å². The Labute approximate surface area is 208 Å². The Morgan fingerprint density at radius 3 is 2.39 bits per heavy atom. The normalized spacial score (nSPS) is 14.8. The fourth-order valence-corrected chi connectivity index (χ4v) is 4.26. The van der Waals surface area contributed by atoms with Crippen molar-refractivity contribution in [3.05, 3.63) is 114 Å². The molecular weight excluding hydrogens is 454 g/mol. The Bertz CT molecular complexity index is 1460. The zero-order chi connectivity index (χ0) is 25.1. The first kappa shape index (κ1) is 23.0. The number of primary amides is 1. The van der Waals surface area contributed by atoms with Crippen molar-refractivity contribution in [2.24, 2.45) is 5.73 Å². The van der Waals surface area contributed by atoms with Crippen molar-refractivity contribution in [2.45, 2.75) is 6.04 Å². The van der Waals surface area contributed by atoms with E-state index in [-0.39, 0.29) is 29.9 Å². The molecule has 7 nitrogen and oxygen atoms in total. The number of benzene rings is 4. The van der Waals surface area contributed by atoms with Gasteiger partial charge in [-0.25, -0.2) is 5.01 Å². The number of nitrogens with zero attached hydrogens (tertiary/aromatic N) is 1. The van der Waals surface area contributed by atoms with Crippen molar-refractivity contribution in [3.8, 4) is 11.5 Å². The predicted octanol–water partition coefficient (Wildman–Crippen LogP) is 4.46. The summed E-state index contributed by atoms with van der Waals surface area (Å²) in [6.07, 6.45) is 2.02. The van der Waals surface area contributed by atoms with E-state index in [0.717, 1.165) is 33.3 Å². The highest BCUT2D eigenvalue weighted by atomic mass is 16.5. The molecular formula is C29H25N3O4. The molecule has 0 bridgehead atoms. The minimum Gasteiger partial charge on any atom is -0.497 e. The van der Waals surface area contributed by atoms with Crippen LogP contribution in [0.15, 0.2) is 97.1 Å². The minimum atomic E-state index is -0.617. The number of hydrogen-bond donors (Lipinski definition) is 2. The van der Waals surface area contributed by atoms with Gasteiger partial charge in [0, 0.05) is 0 Å². The molecule has 0 saturated carbocycles. The first-order valence-electron chi connectivity index (χ1n) is 11.5. The molecule has 180 valence electrons. The number of nitrogens with one attached hydrogen (secondary N) is 1. The number of methoxy groups -OCH3 is 1. The smallest absolute Gasteiger partial charge is 0.279 e. The van der Waals surface area contributed by atoms with E-state index in [1.807, 2.05) is 48.5 Å². The second kappa shape index (κ2) is 9.84. The molecule has 0 fully saturated rings. The second-order valence-corrected chi connectivity index (χ2v) is 8.38. The average Bonchev–Trinajstić information content (AvgIpc) is 3.37. The highest BCUT2D eigenvalue weighted by Crippen LogP contribution is 2.33. The number of amides is 2. The Morgan fingerprint density at radius 2 is 1.64 bits per heavy atom. The summed E-state index contributed by atoms with van der Waals surface area (Å²) in [4.78, 5) is 25.1. The van der Waals surface area contributed by atoms with E-state index in [2.05, 4.69) is 29.7 Å². The molecule has 0 aromatic heterocycles. The molecule has 3 N–H and O–H groups in total. The topological polar surface area (TPSA) is 93.9 Å². The first-order chi connectivity index (χ1) is 17.5. The highest BCUT2D eigenvalue weighted by Gasteiger charge is 2.31. The number of ether oxygens (including phenoxy) is 2. The largest absolute Gasteiger partial charge is 0.497 e. The number of nitrogens with two attached hydrogens (primary N) is 1. The number of fused-ring (bicyclic) bond motifs is 1. The number of para-hydroxylation sites is 1. The van der Waals surface area contributed by atoms with Crippen LogP contribution in [0.5, 0.6) is 11.5 Å². The average molecular weight is 480 g/mol. The zero-order valence-electron chi connectivity index (χ0n) is 19.7. The summed E-state index contributed by atoms with van der Waals surface area (Å²) in [5.41, 5.74) is 11.6. The van der Waals surface area contributed by atoms with Crippen molar-refractivity contribution >= 4 is 28.3 Å². The van der Waals surface area contributed by atoms with Gasteiger partial charge in [0.05, 0.1) is 24.4 Å². The van der Waals surface area contributed by atoms with E-state index in [1.54, 1.807) is 36.4 Å². The maximum atomic E-state index is 13.4. The van der Waals surface area contributed by atoms with E-state index < -0.39 is 5.91 Å². The van der Waals surface area contributed by atoms with Gasteiger partial charge < -0.3 is 15.2 Å². The van der Waals surface area contributed by atoms with Gasteiger partial charge in [-0.2, -0.15) is 0 Å². The lowest BCUT2D eigenvalue weighted by atomic mass is 10.0. The highest BCUT2D eigenvalue weighted by molar-refractivity contribution is 5.95. The van der Waals surface area contributed by atoms with E-state index >= 15 is 0 Å². The lowest BCUT2D eigenvalue weighted by Crippen LogP contribution is -2.42. The third kappa shape index (κ3) is 4.59. The first-order valence-corrected chi connectivity index (χ1v) is 11.5. The van der Waals surface area contributed by atoms with Gasteiger partial charge in [0.2, 0.25) is 0 Å². The van der Waals surface area contributed by atoms with Crippen molar-refractivity contribution < 1.29 is 19.1 Å². The Kier molecular flexibility index (Phi) is 6.28. The lowest BCUT2D eigenvalue weighted by molar-refractivity contribution is -0.136. The summed E-state index contributed by atoms with van der Waals surface area (Å²) in [5.74, 6) is 0.0739. The second-order valence-electron chi connectivity index (χ2n) is 8.38. The van der Waals surface area contributed by atoms with Crippen LogP contribution in [0.25, 0.3) is 16.5 Å². The number of rotatable bonds is 7. The zero-order valence-corrected chi connectivity index (χ0v) is 19.7.